The van der Waals surface area contributed by atoms with E-state index < -0.39 is 11.6 Å². The van der Waals surface area contributed by atoms with Gasteiger partial charge in [0, 0.05) is 31.1 Å². The molecule has 0 aromatic heterocycles. The first kappa shape index (κ1) is 11.6. The van der Waals surface area contributed by atoms with E-state index >= 15 is 0 Å². The first-order valence-electron chi connectivity index (χ1n) is 6.11. The second-order valence-corrected chi connectivity index (χ2v) is 4.92. The van der Waals surface area contributed by atoms with Gasteiger partial charge >= 0.3 is 0 Å². The van der Waals surface area contributed by atoms with Crippen molar-refractivity contribution in [2.45, 2.75) is 31.5 Å². The molecule has 5 heteroatoms. The summed E-state index contributed by atoms with van der Waals surface area (Å²) in [6.45, 7) is 1.19. The Hall–Kier alpha value is -1.49. The highest BCUT2D eigenvalue weighted by atomic mass is 19.1. The van der Waals surface area contributed by atoms with Crippen LogP contribution >= 0.6 is 0 Å². The lowest BCUT2D eigenvalue weighted by Gasteiger charge is -2.23. The van der Waals surface area contributed by atoms with E-state index in [1.54, 1.807) is 4.90 Å². The number of fused-ring (bicyclic) bond motifs is 1. The van der Waals surface area contributed by atoms with Gasteiger partial charge in [0.15, 0.2) is 0 Å². The van der Waals surface area contributed by atoms with Crippen molar-refractivity contribution in [3.63, 3.8) is 0 Å². The van der Waals surface area contributed by atoms with Crippen LogP contribution in [-0.4, -0.2) is 29.4 Å². The Kier molecular flexibility index (Phi) is 2.78. The summed E-state index contributed by atoms with van der Waals surface area (Å²) in [5.41, 5.74) is 0.508. The zero-order chi connectivity index (χ0) is 12.7. The van der Waals surface area contributed by atoms with Crippen LogP contribution in [0.3, 0.4) is 0 Å². The first-order chi connectivity index (χ1) is 8.63. The van der Waals surface area contributed by atoms with E-state index in [0.717, 1.165) is 19.0 Å². The minimum atomic E-state index is -0.599. The minimum Gasteiger partial charge on any atom is -0.334 e. The molecule has 2 aliphatic rings. The van der Waals surface area contributed by atoms with Crippen molar-refractivity contribution in [2.75, 3.05) is 6.54 Å². The standard InChI is InChI=1S/C13H14F2N2O/c14-9-3-8(4-10(15)5-9)7-17-12-1-2-16-11(12)6-13(17)18/h3-5,11-12,16H,1-2,6-7H2/t11-,12-/m0/s1. The lowest BCUT2D eigenvalue weighted by atomic mass is 10.1. The summed E-state index contributed by atoms with van der Waals surface area (Å²) in [5.74, 6) is -1.14. The van der Waals surface area contributed by atoms with Crippen LogP contribution in [0.15, 0.2) is 18.2 Å². The van der Waals surface area contributed by atoms with Gasteiger partial charge in [-0.25, -0.2) is 8.78 Å². The van der Waals surface area contributed by atoms with Gasteiger partial charge in [-0.1, -0.05) is 0 Å². The average molecular weight is 252 g/mol. The van der Waals surface area contributed by atoms with Crippen LogP contribution in [0.4, 0.5) is 8.78 Å². The molecule has 0 spiro atoms. The fourth-order valence-electron chi connectivity index (χ4n) is 2.93. The van der Waals surface area contributed by atoms with E-state index in [0.29, 0.717) is 12.0 Å². The van der Waals surface area contributed by atoms with E-state index in [-0.39, 0.29) is 24.5 Å². The Bertz CT molecular complexity index is 472. The molecule has 2 heterocycles. The van der Waals surface area contributed by atoms with Crippen LogP contribution in [0.25, 0.3) is 0 Å². The fraction of sp³-hybridized carbons (Fsp3) is 0.462. The summed E-state index contributed by atoms with van der Waals surface area (Å²) >= 11 is 0. The highest BCUT2D eigenvalue weighted by Crippen LogP contribution is 2.27. The van der Waals surface area contributed by atoms with E-state index in [9.17, 15) is 13.6 Å². The molecule has 1 aromatic carbocycles. The number of nitrogens with zero attached hydrogens (tertiary/aromatic N) is 1. The molecule has 1 N–H and O–H groups in total. The third-order valence-electron chi connectivity index (χ3n) is 3.70. The molecule has 1 amide bonds. The molecule has 0 aliphatic carbocycles. The van der Waals surface area contributed by atoms with Gasteiger partial charge in [-0.3, -0.25) is 4.79 Å². The quantitative estimate of drug-likeness (QED) is 0.863. The van der Waals surface area contributed by atoms with Crippen molar-refractivity contribution in [2.24, 2.45) is 0 Å². The van der Waals surface area contributed by atoms with E-state index in [1.807, 2.05) is 0 Å². The van der Waals surface area contributed by atoms with E-state index in [4.69, 9.17) is 0 Å². The normalized spacial score (nSPS) is 26.8. The maximum Gasteiger partial charge on any atom is 0.224 e. The molecule has 0 saturated carbocycles. The summed E-state index contributed by atoms with van der Waals surface area (Å²) in [6.07, 6.45) is 1.40. The summed E-state index contributed by atoms with van der Waals surface area (Å²) in [6, 6.07) is 3.78. The molecule has 2 fully saturated rings. The number of likely N-dealkylation sites (tertiary alicyclic amines) is 1. The Morgan fingerprint density at radius 1 is 1.28 bits per heavy atom. The number of benzene rings is 1. The molecule has 3 nitrogen and oxygen atoms in total. The minimum absolute atomic E-state index is 0.0573. The van der Waals surface area contributed by atoms with Crippen molar-refractivity contribution in [3.05, 3.63) is 35.4 Å². The molecule has 0 unspecified atom stereocenters. The number of carbonyl (C=O) groups is 1. The zero-order valence-corrected chi connectivity index (χ0v) is 9.83. The number of carbonyl (C=O) groups excluding carboxylic acids is 1. The van der Waals surface area contributed by atoms with Crippen molar-refractivity contribution in [1.82, 2.24) is 10.2 Å². The van der Waals surface area contributed by atoms with Gasteiger partial charge in [-0.15, -0.1) is 0 Å². The Morgan fingerprint density at radius 3 is 2.72 bits per heavy atom. The zero-order valence-electron chi connectivity index (χ0n) is 9.83. The number of amides is 1. The van der Waals surface area contributed by atoms with Gasteiger partial charge in [0.05, 0.1) is 0 Å². The number of hydrogen-bond acceptors (Lipinski definition) is 2. The van der Waals surface area contributed by atoms with Gasteiger partial charge in [0.25, 0.3) is 0 Å². The Labute approximate surface area is 104 Å². The topological polar surface area (TPSA) is 32.3 Å². The lowest BCUT2D eigenvalue weighted by Crippen LogP contribution is -2.35. The summed E-state index contributed by atoms with van der Waals surface area (Å²) in [4.78, 5) is 13.6. The summed E-state index contributed by atoms with van der Waals surface area (Å²) in [5, 5.41) is 3.28. The average Bonchev–Trinajstić information content (AvgIpc) is 2.81. The second kappa shape index (κ2) is 4.31. The van der Waals surface area contributed by atoms with Gasteiger partial charge in [0.1, 0.15) is 11.6 Å². The third-order valence-corrected chi connectivity index (χ3v) is 3.70. The van der Waals surface area contributed by atoms with Crippen LogP contribution in [0.2, 0.25) is 0 Å². The molecule has 2 saturated heterocycles. The summed E-state index contributed by atoms with van der Waals surface area (Å²) < 4.78 is 26.2. The third kappa shape index (κ3) is 1.99. The van der Waals surface area contributed by atoms with Gasteiger partial charge in [-0.05, 0) is 30.7 Å². The van der Waals surface area contributed by atoms with Crippen LogP contribution in [0.5, 0.6) is 0 Å². The van der Waals surface area contributed by atoms with Crippen molar-refractivity contribution < 1.29 is 13.6 Å². The monoisotopic (exact) mass is 252 g/mol. The van der Waals surface area contributed by atoms with Crippen molar-refractivity contribution in [3.8, 4) is 0 Å². The molecular formula is C13H14F2N2O. The largest absolute Gasteiger partial charge is 0.334 e. The Balaban J connectivity index is 1.81. The molecule has 0 bridgehead atoms. The van der Waals surface area contributed by atoms with Crippen LogP contribution < -0.4 is 5.32 Å². The van der Waals surface area contributed by atoms with Gasteiger partial charge in [-0.2, -0.15) is 0 Å². The molecule has 96 valence electrons. The van der Waals surface area contributed by atoms with Crippen LogP contribution in [-0.2, 0) is 11.3 Å². The van der Waals surface area contributed by atoms with Gasteiger partial charge in [0.2, 0.25) is 5.91 Å². The van der Waals surface area contributed by atoms with E-state index in [1.165, 1.54) is 12.1 Å². The maximum absolute atomic E-state index is 13.1. The maximum atomic E-state index is 13.1. The predicted octanol–water partition coefficient (Wildman–Crippen LogP) is 1.43. The van der Waals surface area contributed by atoms with Gasteiger partial charge < -0.3 is 10.2 Å². The number of rotatable bonds is 2. The smallest absolute Gasteiger partial charge is 0.224 e. The number of halogens is 2. The lowest BCUT2D eigenvalue weighted by molar-refractivity contribution is -0.129. The Morgan fingerprint density at radius 2 is 2.00 bits per heavy atom. The van der Waals surface area contributed by atoms with Crippen LogP contribution in [0.1, 0.15) is 18.4 Å². The van der Waals surface area contributed by atoms with Crippen LogP contribution in [0, 0.1) is 11.6 Å². The highest BCUT2D eigenvalue weighted by molar-refractivity contribution is 5.80. The molecule has 18 heavy (non-hydrogen) atoms. The number of hydrogen-bond donors (Lipinski definition) is 1. The molecular weight excluding hydrogens is 238 g/mol. The highest BCUT2D eigenvalue weighted by Gasteiger charge is 2.42. The molecule has 2 aliphatic heterocycles. The van der Waals surface area contributed by atoms with Crippen molar-refractivity contribution >= 4 is 5.91 Å². The van der Waals surface area contributed by atoms with E-state index in [2.05, 4.69) is 5.32 Å². The number of nitrogens with one attached hydrogen (secondary N) is 1. The molecule has 3 rings (SSSR count). The predicted molar refractivity (Wildman–Crippen MR) is 61.7 cm³/mol. The fourth-order valence-corrected chi connectivity index (χ4v) is 2.93. The SMILES string of the molecule is O=C1C[C@@H]2NCC[C@@H]2N1Cc1cc(F)cc(F)c1. The molecule has 0 radical (unpaired) electrons. The molecule has 2 atom stereocenters. The molecule has 1 aromatic rings. The second-order valence-electron chi connectivity index (χ2n) is 4.92. The van der Waals surface area contributed by atoms with Crippen molar-refractivity contribution in [1.29, 1.82) is 0 Å². The first-order valence-corrected chi connectivity index (χ1v) is 6.11. The summed E-state index contributed by atoms with van der Waals surface area (Å²) in [7, 11) is 0.